The number of hydrogen-bond donors (Lipinski definition) is 1. The van der Waals surface area contributed by atoms with Crippen LogP contribution in [0.2, 0.25) is 0 Å². The van der Waals surface area contributed by atoms with Crippen LogP contribution in [0.4, 0.5) is 0 Å². The Kier molecular flexibility index (Phi) is 6.67. The first-order valence-corrected chi connectivity index (χ1v) is 8.27. The Morgan fingerprint density at radius 1 is 1.33 bits per heavy atom. The third-order valence-corrected chi connectivity index (χ3v) is 5.01. The number of carbonyl (C=O) groups is 1. The lowest BCUT2D eigenvalue weighted by molar-refractivity contribution is -0.192. The Morgan fingerprint density at radius 3 is 2.57 bits per heavy atom. The topological polar surface area (TPSA) is 70.3 Å². The van der Waals surface area contributed by atoms with Crippen molar-refractivity contribution in [3.63, 3.8) is 0 Å². The summed E-state index contributed by atoms with van der Waals surface area (Å²) in [6.45, 7) is 5.90. The summed E-state index contributed by atoms with van der Waals surface area (Å²) in [5.41, 5.74) is -2.18. The van der Waals surface area contributed by atoms with Crippen molar-refractivity contribution in [1.29, 1.82) is 5.26 Å². The Morgan fingerprint density at radius 2 is 2.00 bits per heavy atom. The SMILES string of the molecule is CCCCCC1(O)CCCCC1(C(=O)OCC)C(C)C#N. The molecule has 3 unspecified atom stereocenters. The summed E-state index contributed by atoms with van der Waals surface area (Å²) in [4.78, 5) is 12.6. The highest BCUT2D eigenvalue weighted by molar-refractivity contribution is 5.79. The van der Waals surface area contributed by atoms with Crippen LogP contribution in [0.3, 0.4) is 0 Å². The molecule has 0 bridgehead atoms. The van der Waals surface area contributed by atoms with E-state index in [0.29, 0.717) is 19.3 Å². The van der Waals surface area contributed by atoms with Gasteiger partial charge in [-0.3, -0.25) is 4.79 Å². The van der Waals surface area contributed by atoms with Gasteiger partial charge in [0.15, 0.2) is 0 Å². The Hall–Kier alpha value is -1.08. The molecular formula is C17H29NO3. The quantitative estimate of drug-likeness (QED) is 0.575. The van der Waals surface area contributed by atoms with E-state index in [0.717, 1.165) is 32.1 Å². The van der Waals surface area contributed by atoms with Gasteiger partial charge < -0.3 is 9.84 Å². The number of hydrogen-bond acceptors (Lipinski definition) is 4. The zero-order valence-corrected chi connectivity index (χ0v) is 13.7. The maximum Gasteiger partial charge on any atom is 0.316 e. The first kappa shape index (κ1) is 18.0. The summed E-state index contributed by atoms with van der Waals surface area (Å²) in [5, 5.41) is 20.7. The third-order valence-electron chi connectivity index (χ3n) is 5.01. The van der Waals surface area contributed by atoms with Crippen molar-refractivity contribution in [2.24, 2.45) is 11.3 Å². The zero-order valence-electron chi connectivity index (χ0n) is 13.7. The van der Waals surface area contributed by atoms with Crippen LogP contribution in [0.15, 0.2) is 0 Å². The van der Waals surface area contributed by atoms with E-state index >= 15 is 0 Å². The molecule has 1 rings (SSSR count). The van der Waals surface area contributed by atoms with E-state index in [-0.39, 0.29) is 6.61 Å². The molecule has 1 aliphatic carbocycles. The van der Waals surface area contributed by atoms with Gasteiger partial charge in [-0.15, -0.1) is 0 Å². The molecule has 0 spiro atoms. The molecule has 0 saturated heterocycles. The van der Waals surface area contributed by atoms with Gasteiger partial charge in [0.25, 0.3) is 0 Å². The van der Waals surface area contributed by atoms with Crippen LogP contribution in [-0.4, -0.2) is 23.3 Å². The lowest BCUT2D eigenvalue weighted by Gasteiger charge is -2.50. The Bertz CT molecular complexity index is 390. The van der Waals surface area contributed by atoms with E-state index in [2.05, 4.69) is 13.0 Å². The molecule has 0 aromatic heterocycles. The molecule has 1 fully saturated rings. The fourth-order valence-electron chi connectivity index (χ4n) is 3.75. The van der Waals surface area contributed by atoms with E-state index in [4.69, 9.17) is 4.74 Å². The van der Waals surface area contributed by atoms with Gasteiger partial charge in [0, 0.05) is 0 Å². The monoisotopic (exact) mass is 295 g/mol. The number of nitriles is 1. The highest BCUT2D eigenvalue weighted by Crippen LogP contribution is 2.52. The fraction of sp³-hybridized carbons (Fsp3) is 0.882. The summed E-state index contributed by atoms with van der Waals surface area (Å²) in [5.74, 6) is -0.929. The van der Waals surface area contributed by atoms with Crippen LogP contribution in [0, 0.1) is 22.7 Å². The Balaban J connectivity index is 3.14. The Labute approximate surface area is 128 Å². The van der Waals surface area contributed by atoms with Crippen molar-refractivity contribution in [3.8, 4) is 6.07 Å². The molecule has 0 aliphatic heterocycles. The largest absolute Gasteiger partial charge is 0.465 e. The highest BCUT2D eigenvalue weighted by Gasteiger charge is 2.60. The second-order valence-corrected chi connectivity index (χ2v) is 6.24. The van der Waals surface area contributed by atoms with E-state index in [9.17, 15) is 15.2 Å². The number of rotatable bonds is 7. The maximum absolute atomic E-state index is 12.6. The van der Waals surface area contributed by atoms with Gasteiger partial charge in [0.1, 0.15) is 5.41 Å². The predicted octanol–water partition coefficient (Wildman–Crippen LogP) is 3.58. The number of nitrogens with zero attached hydrogens (tertiary/aromatic N) is 1. The van der Waals surface area contributed by atoms with Gasteiger partial charge in [0.2, 0.25) is 0 Å². The van der Waals surface area contributed by atoms with Crippen molar-refractivity contribution in [3.05, 3.63) is 0 Å². The molecular weight excluding hydrogens is 266 g/mol. The van der Waals surface area contributed by atoms with Gasteiger partial charge in [-0.1, -0.05) is 39.0 Å². The number of carbonyl (C=O) groups excluding carboxylic acids is 1. The van der Waals surface area contributed by atoms with E-state index in [1.807, 2.05) is 0 Å². The van der Waals surface area contributed by atoms with Crippen molar-refractivity contribution >= 4 is 5.97 Å². The number of aliphatic hydroxyl groups is 1. The average molecular weight is 295 g/mol. The van der Waals surface area contributed by atoms with Gasteiger partial charge >= 0.3 is 5.97 Å². The van der Waals surface area contributed by atoms with Gasteiger partial charge in [-0.05, 0) is 33.1 Å². The van der Waals surface area contributed by atoms with E-state index in [1.165, 1.54) is 0 Å². The number of ether oxygens (including phenoxy) is 1. The molecule has 3 atom stereocenters. The first-order valence-electron chi connectivity index (χ1n) is 8.27. The molecule has 120 valence electrons. The summed E-state index contributed by atoms with van der Waals surface area (Å²) in [6.07, 6.45) is 6.45. The minimum Gasteiger partial charge on any atom is -0.465 e. The minimum absolute atomic E-state index is 0.282. The second-order valence-electron chi connectivity index (χ2n) is 6.24. The highest BCUT2D eigenvalue weighted by atomic mass is 16.5. The standard InChI is InChI=1S/C17H29NO3/c1-4-6-7-10-16(20)11-8-9-12-17(16,14(3)13-18)15(19)21-5-2/h14,20H,4-12H2,1-3H3. The third kappa shape index (κ3) is 3.40. The fourth-order valence-corrected chi connectivity index (χ4v) is 3.75. The van der Waals surface area contributed by atoms with Crippen LogP contribution in [0.1, 0.15) is 72.1 Å². The number of unbranched alkanes of at least 4 members (excludes halogenated alkanes) is 2. The molecule has 4 heteroatoms. The molecule has 0 aromatic carbocycles. The zero-order chi connectivity index (χ0) is 15.9. The summed E-state index contributed by atoms with van der Waals surface area (Å²) in [6, 6.07) is 2.20. The van der Waals surface area contributed by atoms with Crippen molar-refractivity contribution in [2.45, 2.75) is 77.7 Å². The molecule has 4 nitrogen and oxygen atoms in total. The first-order chi connectivity index (χ1) is 9.98. The van der Waals surface area contributed by atoms with Gasteiger partial charge in [-0.25, -0.2) is 0 Å². The second kappa shape index (κ2) is 7.79. The molecule has 21 heavy (non-hydrogen) atoms. The molecule has 1 N–H and O–H groups in total. The predicted molar refractivity (Wildman–Crippen MR) is 81.4 cm³/mol. The van der Waals surface area contributed by atoms with E-state index in [1.54, 1.807) is 13.8 Å². The lowest BCUT2D eigenvalue weighted by atomic mass is 9.56. The lowest BCUT2D eigenvalue weighted by Crippen LogP contribution is -2.59. The molecule has 0 heterocycles. The van der Waals surface area contributed by atoms with Crippen LogP contribution in [0.25, 0.3) is 0 Å². The van der Waals surface area contributed by atoms with Crippen LogP contribution in [-0.2, 0) is 9.53 Å². The van der Waals surface area contributed by atoms with Crippen molar-refractivity contribution in [1.82, 2.24) is 0 Å². The van der Waals surface area contributed by atoms with Crippen molar-refractivity contribution < 1.29 is 14.6 Å². The normalized spacial score (nSPS) is 30.4. The average Bonchev–Trinajstić information content (AvgIpc) is 2.47. The van der Waals surface area contributed by atoms with E-state index < -0.39 is 22.9 Å². The van der Waals surface area contributed by atoms with Gasteiger partial charge in [-0.2, -0.15) is 5.26 Å². The van der Waals surface area contributed by atoms with Crippen molar-refractivity contribution in [2.75, 3.05) is 6.61 Å². The van der Waals surface area contributed by atoms with Crippen LogP contribution in [0.5, 0.6) is 0 Å². The smallest absolute Gasteiger partial charge is 0.316 e. The maximum atomic E-state index is 12.6. The number of esters is 1. The molecule has 1 aliphatic rings. The summed E-state index contributed by atoms with van der Waals surface area (Å²) in [7, 11) is 0. The molecule has 0 amide bonds. The minimum atomic E-state index is -1.11. The molecule has 0 aromatic rings. The van der Waals surface area contributed by atoms with Crippen LogP contribution >= 0.6 is 0 Å². The summed E-state index contributed by atoms with van der Waals surface area (Å²) < 4.78 is 5.26. The van der Waals surface area contributed by atoms with Crippen LogP contribution < -0.4 is 0 Å². The molecule has 0 radical (unpaired) electrons. The van der Waals surface area contributed by atoms with Gasteiger partial charge in [0.05, 0.1) is 24.2 Å². The molecule has 1 saturated carbocycles. The summed E-state index contributed by atoms with van der Waals surface area (Å²) >= 11 is 0.